The average molecular weight is 294 g/mol. The molecule has 2 heterocycles. The molecule has 3 rings (SSSR count). The lowest BCUT2D eigenvalue weighted by molar-refractivity contribution is 0.432. The van der Waals surface area contributed by atoms with Crippen LogP contribution in [0.25, 0.3) is 22.6 Å². The number of phenolic OH excluding ortho intramolecular Hbond substituents is 1. The molecule has 0 spiro atoms. The van der Waals surface area contributed by atoms with Crippen LogP contribution in [0.2, 0.25) is 0 Å². The van der Waals surface area contributed by atoms with Crippen molar-refractivity contribution in [2.45, 2.75) is 0 Å². The lowest BCUT2D eigenvalue weighted by Crippen LogP contribution is -1.93. The highest BCUT2D eigenvalue weighted by Gasteiger charge is 2.16. The van der Waals surface area contributed by atoms with E-state index < -0.39 is 11.6 Å². The summed E-state index contributed by atoms with van der Waals surface area (Å²) in [5, 5.41) is 18.6. The summed E-state index contributed by atoms with van der Waals surface area (Å²) in [6, 6.07) is 9.39. The smallest absolute Gasteiger partial charge is 0.164 e. The molecule has 0 radical (unpaired) electrons. The predicted octanol–water partition coefficient (Wildman–Crippen LogP) is 2.87. The monoisotopic (exact) mass is 294 g/mol. The molecule has 2 aromatic heterocycles. The molecule has 0 amide bonds. The third kappa shape index (κ3) is 2.29. The first-order valence-corrected chi connectivity index (χ1v) is 6.47. The number of hydrogen-bond donors (Lipinski definition) is 1. The molecule has 0 saturated heterocycles. The van der Waals surface area contributed by atoms with Gasteiger partial charge in [0.25, 0.3) is 0 Å². The van der Waals surface area contributed by atoms with Gasteiger partial charge in [0.15, 0.2) is 11.6 Å². The Kier molecular flexibility index (Phi) is 3.31. The summed E-state index contributed by atoms with van der Waals surface area (Å²) < 4.78 is 15.0. The number of imidazole rings is 1. The van der Waals surface area contributed by atoms with Crippen molar-refractivity contribution in [1.82, 2.24) is 14.5 Å². The maximum Gasteiger partial charge on any atom is 0.164 e. The topological polar surface area (TPSA) is 74.7 Å². The minimum Gasteiger partial charge on any atom is -0.505 e. The minimum absolute atomic E-state index is 0.427. The fourth-order valence-electron chi connectivity index (χ4n) is 2.25. The van der Waals surface area contributed by atoms with Crippen LogP contribution in [0.4, 0.5) is 4.39 Å². The molecule has 0 aliphatic rings. The molecule has 3 aromatic rings. The van der Waals surface area contributed by atoms with Gasteiger partial charge in [-0.25, -0.2) is 9.37 Å². The van der Waals surface area contributed by atoms with Crippen molar-refractivity contribution in [3.63, 3.8) is 0 Å². The number of nitriles is 1. The van der Waals surface area contributed by atoms with Crippen molar-refractivity contribution in [2.75, 3.05) is 0 Å². The summed E-state index contributed by atoms with van der Waals surface area (Å²) in [5.74, 6) is -1.11. The summed E-state index contributed by atoms with van der Waals surface area (Å²) in [6.07, 6.45) is 3.14. The molecule has 0 unspecified atom stereocenters. The maximum absolute atomic E-state index is 13.2. The quantitative estimate of drug-likeness (QED) is 0.788. The summed E-state index contributed by atoms with van der Waals surface area (Å²) in [5.41, 5.74) is 2.86. The Labute approximate surface area is 125 Å². The third-order valence-electron chi connectivity index (χ3n) is 3.29. The number of aryl methyl sites for hydroxylation is 1. The second-order valence-electron chi connectivity index (χ2n) is 4.76. The Balaban J connectivity index is 2.19. The molecule has 5 nitrogen and oxygen atoms in total. The summed E-state index contributed by atoms with van der Waals surface area (Å²) in [6.45, 7) is 0. The van der Waals surface area contributed by atoms with E-state index in [2.05, 4.69) is 16.0 Å². The first-order valence-electron chi connectivity index (χ1n) is 6.47. The highest BCUT2D eigenvalue weighted by molar-refractivity contribution is 5.77. The van der Waals surface area contributed by atoms with E-state index in [4.69, 9.17) is 5.26 Å². The van der Waals surface area contributed by atoms with Crippen LogP contribution in [0.15, 0.2) is 42.9 Å². The number of phenols is 1. The molecule has 0 atom stereocenters. The van der Waals surface area contributed by atoms with Gasteiger partial charge in [-0.15, -0.1) is 0 Å². The van der Waals surface area contributed by atoms with Gasteiger partial charge in [0.05, 0.1) is 29.3 Å². The molecular weight excluding hydrogens is 283 g/mol. The van der Waals surface area contributed by atoms with E-state index in [9.17, 15) is 9.50 Å². The Morgan fingerprint density at radius 1 is 1.23 bits per heavy atom. The number of benzene rings is 1. The standard InChI is InChI=1S/C16H11FN4O/c1-21-9-20-15(13-6-10(8-18)4-5-19-13)16(21)11-2-3-12(17)14(22)7-11/h2-7,9,22H,1H3. The highest BCUT2D eigenvalue weighted by atomic mass is 19.1. The number of aromatic hydroxyl groups is 1. The van der Waals surface area contributed by atoms with Crippen molar-refractivity contribution in [3.05, 3.63) is 54.2 Å². The van der Waals surface area contributed by atoms with Gasteiger partial charge in [-0.1, -0.05) is 0 Å². The molecule has 0 aliphatic heterocycles. The fourth-order valence-corrected chi connectivity index (χ4v) is 2.25. The Bertz CT molecular complexity index is 895. The molecule has 1 N–H and O–H groups in total. The van der Waals surface area contributed by atoms with E-state index in [1.165, 1.54) is 18.3 Å². The van der Waals surface area contributed by atoms with Gasteiger partial charge in [0, 0.05) is 18.8 Å². The van der Waals surface area contributed by atoms with E-state index in [0.29, 0.717) is 28.2 Å². The molecule has 0 fully saturated rings. The van der Waals surface area contributed by atoms with E-state index in [1.807, 2.05) is 0 Å². The van der Waals surface area contributed by atoms with Gasteiger partial charge < -0.3 is 9.67 Å². The van der Waals surface area contributed by atoms with Crippen molar-refractivity contribution >= 4 is 0 Å². The number of nitrogens with zero attached hydrogens (tertiary/aromatic N) is 4. The van der Waals surface area contributed by atoms with Crippen molar-refractivity contribution in [1.29, 1.82) is 5.26 Å². The van der Waals surface area contributed by atoms with E-state index in [1.54, 1.807) is 36.1 Å². The van der Waals surface area contributed by atoms with Crippen LogP contribution >= 0.6 is 0 Å². The van der Waals surface area contributed by atoms with Gasteiger partial charge in [0.2, 0.25) is 0 Å². The second kappa shape index (κ2) is 5.30. The Hall–Kier alpha value is -3.20. The fraction of sp³-hybridized carbons (Fsp3) is 0.0625. The number of rotatable bonds is 2. The summed E-state index contributed by atoms with van der Waals surface area (Å²) >= 11 is 0. The molecule has 6 heteroatoms. The third-order valence-corrected chi connectivity index (χ3v) is 3.29. The van der Waals surface area contributed by atoms with Crippen LogP contribution in [-0.2, 0) is 7.05 Å². The van der Waals surface area contributed by atoms with Gasteiger partial charge in [0.1, 0.15) is 5.69 Å². The Morgan fingerprint density at radius 3 is 2.77 bits per heavy atom. The summed E-state index contributed by atoms with van der Waals surface area (Å²) in [4.78, 5) is 8.54. The largest absolute Gasteiger partial charge is 0.505 e. The van der Waals surface area contributed by atoms with Gasteiger partial charge in [-0.2, -0.15) is 5.26 Å². The van der Waals surface area contributed by atoms with Crippen LogP contribution in [-0.4, -0.2) is 19.6 Å². The number of hydrogen-bond acceptors (Lipinski definition) is 4. The van der Waals surface area contributed by atoms with Crippen LogP contribution in [0.5, 0.6) is 5.75 Å². The van der Waals surface area contributed by atoms with Crippen LogP contribution in [0.3, 0.4) is 0 Å². The van der Waals surface area contributed by atoms with Gasteiger partial charge in [-0.3, -0.25) is 4.98 Å². The van der Waals surface area contributed by atoms with Gasteiger partial charge in [-0.05, 0) is 30.3 Å². The second-order valence-corrected chi connectivity index (χ2v) is 4.76. The van der Waals surface area contributed by atoms with Crippen LogP contribution < -0.4 is 0 Å². The first kappa shape index (κ1) is 13.8. The molecular formula is C16H11FN4O. The van der Waals surface area contributed by atoms with Crippen molar-refractivity contribution in [2.24, 2.45) is 7.05 Å². The lowest BCUT2D eigenvalue weighted by Gasteiger charge is -2.07. The normalized spacial score (nSPS) is 10.4. The number of aromatic nitrogens is 3. The van der Waals surface area contributed by atoms with E-state index in [-0.39, 0.29) is 0 Å². The molecule has 22 heavy (non-hydrogen) atoms. The number of pyridine rings is 1. The zero-order chi connectivity index (χ0) is 15.7. The zero-order valence-corrected chi connectivity index (χ0v) is 11.7. The predicted molar refractivity (Wildman–Crippen MR) is 78.2 cm³/mol. The van der Waals surface area contributed by atoms with Crippen LogP contribution in [0, 0.1) is 17.1 Å². The molecule has 0 saturated carbocycles. The van der Waals surface area contributed by atoms with E-state index in [0.717, 1.165) is 0 Å². The van der Waals surface area contributed by atoms with Gasteiger partial charge >= 0.3 is 0 Å². The highest BCUT2D eigenvalue weighted by Crippen LogP contribution is 2.32. The van der Waals surface area contributed by atoms with Crippen LogP contribution in [0.1, 0.15) is 5.56 Å². The van der Waals surface area contributed by atoms with E-state index >= 15 is 0 Å². The average Bonchev–Trinajstić information content (AvgIpc) is 2.92. The molecule has 0 aliphatic carbocycles. The molecule has 108 valence electrons. The molecule has 1 aromatic carbocycles. The first-order chi connectivity index (χ1) is 10.6. The zero-order valence-electron chi connectivity index (χ0n) is 11.7. The minimum atomic E-state index is -0.683. The summed E-state index contributed by atoms with van der Waals surface area (Å²) in [7, 11) is 1.79. The lowest BCUT2D eigenvalue weighted by atomic mass is 10.1. The Morgan fingerprint density at radius 2 is 2.05 bits per heavy atom. The molecule has 0 bridgehead atoms. The SMILES string of the molecule is Cn1cnc(-c2cc(C#N)ccn2)c1-c1ccc(F)c(O)c1. The van der Waals surface area contributed by atoms with Crippen molar-refractivity contribution < 1.29 is 9.50 Å². The number of halogens is 1. The maximum atomic E-state index is 13.2. The van der Waals surface area contributed by atoms with Crippen molar-refractivity contribution in [3.8, 4) is 34.5 Å².